The molecule has 0 bridgehead atoms. The number of aromatic hydroxyl groups is 1. The number of pyridine rings is 1. The summed E-state index contributed by atoms with van der Waals surface area (Å²) in [6.45, 7) is 6.51. The highest BCUT2D eigenvalue weighted by Crippen LogP contribution is 2.43. The number of nitrogens with two attached hydrogens (primary N) is 1. The average Bonchev–Trinajstić information content (AvgIpc) is 3.60. The van der Waals surface area contributed by atoms with E-state index in [0.717, 1.165) is 23.9 Å². The van der Waals surface area contributed by atoms with Crippen molar-refractivity contribution in [2.24, 2.45) is 0 Å². The van der Waals surface area contributed by atoms with Crippen LogP contribution in [-0.4, -0.2) is 70.6 Å². The van der Waals surface area contributed by atoms with Crippen LogP contribution < -0.4 is 5.73 Å². The van der Waals surface area contributed by atoms with Crippen LogP contribution in [-0.2, 0) is 16.1 Å². The van der Waals surface area contributed by atoms with E-state index in [1.165, 1.54) is 34.5 Å². The number of nitrogen functional groups attached to an aromatic ring is 1. The van der Waals surface area contributed by atoms with Crippen molar-refractivity contribution in [2.75, 3.05) is 12.3 Å². The lowest BCUT2D eigenvalue weighted by Crippen LogP contribution is -2.55. The monoisotopic (exact) mass is 623 g/mol. The predicted molar refractivity (Wildman–Crippen MR) is 144 cm³/mol. The number of aliphatic hydroxyl groups excluding tert-OH is 2. The van der Waals surface area contributed by atoms with Crippen LogP contribution in [0.4, 0.5) is 19.7 Å². The van der Waals surface area contributed by atoms with E-state index in [4.69, 9.17) is 33.4 Å². The Balaban J connectivity index is 1.54. The number of halogens is 3. The Kier molecular flexibility index (Phi) is 8.66. The van der Waals surface area contributed by atoms with E-state index >= 15 is 0 Å². The Labute approximate surface area is 244 Å². The number of phenols is 1. The second-order valence-corrected chi connectivity index (χ2v) is 11.2. The fourth-order valence-electron chi connectivity index (χ4n) is 4.18. The number of benzene rings is 1. The third kappa shape index (κ3) is 6.11. The number of hydrogen-bond donors (Lipinski definition) is 4. The van der Waals surface area contributed by atoms with E-state index in [1.54, 1.807) is 5.38 Å². The van der Waals surface area contributed by atoms with Gasteiger partial charge in [0.05, 0.1) is 24.4 Å². The van der Waals surface area contributed by atoms with Gasteiger partial charge in [-0.15, -0.1) is 33.2 Å². The highest BCUT2D eigenvalue weighted by molar-refractivity contribution is 8.00. The number of thiazole rings is 1. The number of ether oxygens (including phenoxy) is 2. The Hall–Kier alpha value is -3.43. The number of anilines is 1. The summed E-state index contributed by atoms with van der Waals surface area (Å²) in [6.07, 6.45) is -0.792. The number of phenolic OH excluding ortho intramolecular Hbond substituents is 1. The van der Waals surface area contributed by atoms with E-state index < -0.39 is 53.8 Å². The molecule has 0 aliphatic carbocycles. The van der Waals surface area contributed by atoms with Crippen molar-refractivity contribution < 1.29 is 33.6 Å². The van der Waals surface area contributed by atoms with Crippen LogP contribution in [0.15, 0.2) is 40.9 Å². The van der Waals surface area contributed by atoms with Crippen molar-refractivity contribution in [3.05, 3.63) is 69.6 Å². The van der Waals surface area contributed by atoms with Gasteiger partial charge in [-0.25, -0.2) is 18.4 Å². The summed E-state index contributed by atoms with van der Waals surface area (Å²) in [5.41, 5.74) is 5.56. The van der Waals surface area contributed by atoms with E-state index in [9.17, 15) is 24.1 Å². The summed E-state index contributed by atoms with van der Waals surface area (Å²) in [5, 5.41) is 41.3. The molecular weight excluding hydrogens is 604 g/mol. The molecule has 0 saturated carbocycles. The van der Waals surface area contributed by atoms with Gasteiger partial charge in [0.2, 0.25) is 0 Å². The van der Waals surface area contributed by atoms with Crippen molar-refractivity contribution in [1.82, 2.24) is 25.0 Å². The molecule has 3 aromatic heterocycles. The van der Waals surface area contributed by atoms with Gasteiger partial charge >= 0.3 is 0 Å². The lowest BCUT2D eigenvalue weighted by molar-refractivity contribution is -0.196. The van der Waals surface area contributed by atoms with E-state index in [-0.39, 0.29) is 23.0 Å². The highest BCUT2D eigenvalue weighted by Gasteiger charge is 2.48. The van der Waals surface area contributed by atoms with E-state index in [2.05, 4.69) is 25.1 Å². The SMILES string of the molecule is [C-]#[N+]c1ncc(Cl)cc1S[C@H]1OC(CO)[C@H](O)[C@H](n2cc(-c3csc(N)n3)nn2)C1OCc1cc(F)c(O)c(F)c1. The molecule has 1 fully saturated rings. The van der Waals surface area contributed by atoms with Crippen LogP contribution in [0.25, 0.3) is 16.2 Å². The molecule has 12 nitrogen and oxygen atoms in total. The zero-order chi connectivity index (χ0) is 29.3. The van der Waals surface area contributed by atoms with Gasteiger partial charge in [-0.05, 0) is 23.8 Å². The third-order valence-corrected chi connectivity index (χ3v) is 8.14. The minimum atomic E-state index is -1.39. The maximum Gasteiger partial charge on any atom is 0.283 e. The standard InChI is InChI=1S/C24H20ClF2N7O5S2/c1-29-22-17(4-11(25)5-30-22)41-23-21(38-8-10-2-12(26)19(36)13(27)3-10)18(20(37)16(7-35)39-23)34-6-14(32-33-34)15-9-40-24(28)31-15/h2-6,9,16,18,20-21,23,35-37H,7-8H2,(H2,28,31)/t16?,18-,20-,21?,23+/m0/s1. The molecule has 5 rings (SSSR count). The first kappa shape index (κ1) is 29.1. The van der Waals surface area contributed by atoms with Gasteiger partial charge in [-0.2, -0.15) is 0 Å². The molecule has 5 atom stereocenters. The fourth-order valence-corrected chi connectivity index (χ4v) is 6.18. The second-order valence-electron chi connectivity index (χ2n) is 8.75. The molecule has 0 amide bonds. The normalized spacial score (nSPS) is 22.5. The summed E-state index contributed by atoms with van der Waals surface area (Å²) >= 11 is 8.32. The molecule has 41 heavy (non-hydrogen) atoms. The highest BCUT2D eigenvalue weighted by atomic mass is 35.5. The maximum absolute atomic E-state index is 14.0. The molecule has 214 valence electrons. The van der Waals surface area contributed by atoms with Crippen LogP contribution in [0.5, 0.6) is 5.75 Å². The van der Waals surface area contributed by atoms with Gasteiger partial charge in [0.25, 0.3) is 5.82 Å². The molecule has 1 saturated heterocycles. The van der Waals surface area contributed by atoms with Crippen molar-refractivity contribution in [3.63, 3.8) is 0 Å². The largest absolute Gasteiger partial charge is 0.503 e. The number of rotatable bonds is 8. The molecule has 1 aliphatic rings. The van der Waals surface area contributed by atoms with Crippen molar-refractivity contribution in [1.29, 1.82) is 0 Å². The van der Waals surface area contributed by atoms with Crippen LogP contribution in [0.1, 0.15) is 11.6 Å². The molecule has 17 heteroatoms. The van der Waals surface area contributed by atoms with Crippen LogP contribution in [0.2, 0.25) is 5.02 Å². The lowest BCUT2D eigenvalue weighted by Gasteiger charge is -2.44. The first-order valence-corrected chi connectivity index (χ1v) is 13.9. The van der Waals surface area contributed by atoms with Gasteiger partial charge < -0.3 is 35.4 Å². The molecule has 0 spiro atoms. The molecule has 4 aromatic rings. The zero-order valence-electron chi connectivity index (χ0n) is 20.6. The van der Waals surface area contributed by atoms with Crippen LogP contribution in [0, 0.1) is 18.2 Å². The first-order valence-electron chi connectivity index (χ1n) is 11.7. The molecule has 5 N–H and O–H groups in total. The Morgan fingerprint density at radius 1 is 1.27 bits per heavy atom. The van der Waals surface area contributed by atoms with Crippen molar-refractivity contribution >= 4 is 45.6 Å². The second kappa shape index (κ2) is 12.2. The molecule has 0 radical (unpaired) electrons. The Bertz CT molecular complexity index is 1580. The molecular formula is C24H20ClF2N7O5S2. The summed E-state index contributed by atoms with van der Waals surface area (Å²) in [7, 11) is 0. The van der Waals surface area contributed by atoms with E-state index in [1.807, 2.05) is 0 Å². The smallest absolute Gasteiger partial charge is 0.283 e. The van der Waals surface area contributed by atoms with Crippen LogP contribution >= 0.6 is 34.7 Å². The minimum Gasteiger partial charge on any atom is -0.503 e. The average molecular weight is 624 g/mol. The quantitative estimate of drug-likeness (QED) is 0.212. The summed E-state index contributed by atoms with van der Waals surface area (Å²) < 4.78 is 41.5. The molecule has 4 heterocycles. The summed E-state index contributed by atoms with van der Waals surface area (Å²) in [6, 6.07) is 2.27. The number of aromatic nitrogens is 5. The predicted octanol–water partition coefficient (Wildman–Crippen LogP) is 3.56. The molecule has 1 aromatic carbocycles. The number of thioether (sulfide) groups is 1. The van der Waals surface area contributed by atoms with Crippen molar-refractivity contribution in [3.8, 4) is 17.1 Å². The third-order valence-electron chi connectivity index (χ3n) is 6.09. The molecule has 1 aliphatic heterocycles. The summed E-state index contributed by atoms with van der Waals surface area (Å²) in [4.78, 5) is 11.9. The topological polar surface area (TPSA) is 166 Å². The Morgan fingerprint density at radius 2 is 2.02 bits per heavy atom. The van der Waals surface area contributed by atoms with Gasteiger partial charge in [-0.3, -0.25) is 0 Å². The zero-order valence-corrected chi connectivity index (χ0v) is 23.0. The number of aliphatic hydroxyl groups is 2. The van der Waals surface area contributed by atoms with Gasteiger partial charge in [-0.1, -0.05) is 23.4 Å². The number of hydrogen-bond acceptors (Lipinski definition) is 12. The van der Waals surface area contributed by atoms with Gasteiger partial charge in [0, 0.05) is 10.3 Å². The van der Waals surface area contributed by atoms with Crippen molar-refractivity contribution in [2.45, 2.75) is 41.3 Å². The van der Waals surface area contributed by atoms with Gasteiger partial charge in [0.1, 0.15) is 47.4 Å². The summed E-state index contributed by atoms with van der Waals surface area (Å²) in [5.74, 6) is -3.46. The van der Waals surface area contributed by atoms with Gasteiger partial charge in [0.15, 0.2) is 22.5 Å². The fraction of sp³-hybridized carbons (Fsp3) is 0.292. The van der Waals surface area contributed by atoms with E-state index in [0.29, 0.717) is 21.4 Å². The minimum absolute atomic E-state index is 0.0248. The number of nitrogens with zero attached hydrogens (tertiary/aromatic N) is 6. The lowest BCUT2D eigenvalue weighted by atomic mass is 9.97. The van der Waals surface area contributed by atoms with Crippen LogP contribution in [0.3, 0.4) is 0 Å². The molecule has 2 unspecified atom stereocenters. The first-order chi connectivity index (χ1) is 19.7. The maximum atomic E-state index is 14.0. The Morgan fingerprint density at radius 3 is 2.68 bits per heavy atom.